The first-order chi connectivity index (χ1) is 7.92. The van der Waals surface area contributed by atoms with Crippen molar-refractivity contribution in [2.75, 3.05) is 0 Å². The lowest BCUT2D eigenvalue weighted by Gasteiger charge is -2.07. The van der Waals surface area contributed by atoms with Crippen LogP contribution in [0.3, 0.4) is 0 Å². The van der Waals surface area contributed by atoms with Crippen molar-refractivity contribution in [1.82, 2.24) is 15.3 Å². The standard InChI is InChI=1S/C10H12F3N3O/c11-10(12,13)4-8-15-7(3-9(17)16-8)5-14-6-1-2-6/h3,6,14H,1-2,4-5H2,(H,15,16,17). The second kappa shape index (κ2) is 4.48. The van der Waals surface area contributed by atoms with Crippen molar-refractivity contribution in [3.05, 3.63) is 27.9 Å². The van der Waals surface area contributed by atoms with E-state index in [0.717, 1.165) is 12.8 Å². The van der Waals surface area contributed by atoms with Gasteiger partial charge in [-0.1, -0.05) is 0 Å². The number of halogens is 3. The fourth-order valence-electron chi connectivity index (χ4n) is 1.46. The number of alkyl halides is 3. The van der Waals surface area contributed by atoms with Crippen LogP contribution in [0.25, 0.3) is 0 Å². The van der Waals surface area contributed by atoms with E-state index in [1.807, 2.05) is 0 Å². The van der Waals surface area contributed by atoms with Crippen molar-refractivity contribution in [1.29, 1.82) is 0 Å². The van der Waals surface area contributed by atoms with E-state index in [0.29, 0.717) is 18.3 Å². The lowest BCUT2D eigenvalue weighted by molar-refractivity contribution is -0.128. The molecule has 0 unspecified atom stereocenters. The molecule has 17 heavy (non-hydrogen) atoms. The fraction of sp³-hybridized carbons (Fsp3) is 0.600. The highest BCUT2D eigenvalue weighted by Gasteiger charge is 2.29. The van der Waals surface area contributed by atoms with Gasteiger partial charge in [-0.25, -0.2) is 4.98 Å². The highest BCUT2D eigenvalue weighted by atomic mass is 19.4. The Balaban J connectivity index is 2.07. The molecule has 4 nitrogen and oxygen atoms in total. The van der Waals surface area contributed by atoms with Gasteiger partial charge < -0.3 is 10.3 Å². The zero-order chi connectivity index (χ0) is 12.5. The van der Waals surface area contributed by atoms with Crippen LogP contribution in [0.15, 0.2) is 10.9 Å². The van der Waals surface area contributed by atoms with E-state index in [1.54, 1.807) is 0 Å². The molecule has 1 aliphatic carbocycles. The van der Waals surface area contributed by atoms with Gasteiger partial charge in [0.25, 0.3) is 5.56 Å². The Morgan fingerprint density at radius 3 is 2.76 bits per heavy atom. The van der Waals surface area contributed by atoms with E-state index in [2.05, 4.69) is 15.3 Å². The summed E-state index contributed by atoms with van der Waals surface area (Å²) in [5.41, 5.74) is -0.202. The Labute approximate surface area is 95.3 Å². The number of nitrogens with one attached hydrogen (secondary N) is 2. The molecule has 1 saturated carbocycles. The van der Waals surface area contributed by atoms with Gasteiger partial charge in [-0.3, -0.25) is 4.79 Å². The smallest absolute Gasteiger partial charge is 0.310 e. The summed E-state index contributed by atoms with van der Waals surface area (Å²) in [5, 5.41) is 3.09. The number of aromatic amines is 1. The van der Waals surface area contributed by atoms with Crippen LogP contribution in [-0.2, 0) is 13.0 Å². The quantitative estimate of drug-likeness (QED) is 0.838. The number of aromatic nitrogens is 2. The molecule has 1 aliphatic rings. The molecule has 1 aromatic rings. The predicted molar refractivity (Wildman–Crippen MR) is 54.5 cm³/mol. The lowest BCUT2D eigenvalue weighted by atomic mass is 10.3. The molecule has 0 radical (unpaired) electrons. The summed E-state index contributed by atoms with van der Waals surface area (Å²) in [7, 11) is 0. The first-order valence-corrected chi connectivity index (χ1v) is 5.32. The molecule has 1 heterocycles. The molecular weight excluding hydrogens is 235 g/mol. The largest absolute Gasteiger partial charge is 0.396 e. The number of rotatable bonds is 4. The topological polar surface area (TPSA) is 57.8 Å². The second-order valence-electron chi connectivity index (χ2n) is 4.13. The Bertz CT molecular complexity index is 451. The first-order valence-electron chi connectivity index (χ1n) is 5.32. The summed E-state index contributed by atoms with van der Waals surface area (Å²) in [5.74, 6) is -0.336. The van der Waals surface area contributed by atoms with Crippen molar-refractivity contribution in [2.45, 2.75) is 38.0 Å². The van der Waals surface area contributed by atoms with Crippen LogP contribution in [0, 0.1) is 0 Å². The van der Waals surface area contributed by atoms with Gasteiger partial charge in [0.2, 0.25) is 0 Å². The third-order valence-electron chi connectivity index (χ3n) is 2.36. The average molecular weight is 247 g/mol. The monoisotopic (exact) mass is 247 g/mol. The number of hydrogen-bond acceptors (Lipinski definition) is 3. The Hall–Kier alpha value is -1.37. The molecule has 0 saturated heterocycles. The van der Waals surface area contributed by atoms with Gasteiger partial charge in [0, 0.05) is 18.7 Å². The molecule has 2 rings (SSSR count). The van der Waals surface area contributed by atoms with Crippen LogP contribution in [0.4, 0.5) is 13.2 Å². The Kier molecular flexibility index (Phi) is 3.19. The van der Waals surface area contributed by atoms with Crippen molar-refractivity contribution < 1.29 is 13.2 Å². The van der Waals surface area contributed by atoms with Crippen molar-refractivity contribution in [2.24, 2.45) is 0 Å². The summed E-state index contributed by atoms with van der Waals surface area (Å²) >= 11 is 0. The summed E-state index contributed by atoms with van der Waals surface area (Å²) in [6, 6.07) is 1.64. The minimum Gasteiger partial charge on any atom is -0.310 e. The normalized spacial score (nSPS) is 16.2. The average Bonchev–Trinajstić information content (AvgIpc) is 2.94. The van der Waals surface area contributed by atoms with Crippen molar-refractivity contribution in [3.8, 4) is 0 Å². The molecule has 0 aromatic carbocycles. The molecule has 0 spiro atoms. The molecule has 0 bridgehead atoms. The van der Waals surface area contributed by atoms with E-state index < -0.39 is 18.2 Å². The van der Waals surface area contributed by atoms with E-state index >= 15 is 0 Å². The SMILES string of the molecule is O=c1cc(CNC2CC2)nc(CC(F)(F)F)[nH]1. The Morgan fingerprint density at radius 2 is 2.18 bits per heavy atom. The van der Waals surface area contributed by atoms with E-state index in [1.165, 1.54) is 6.07 Å². The molecule has 0 amide bonds. The van der Waals surface area contributed by atoms with Gasteiger partial charge in [0.1, 0.15) is 12.2 Å². The van der Waals surface area contributed by atoms with Crippen LogP contribution in [0.1, 0.15) is 24.4 Å². The molecular formula is C10H12F3N3O. The maximum Gasteiger partial charge on any atom is 0.396 e. The molecule has 2 N–H and O–H groups in total. The van der Waals surface area contributed by atoms with Crippen LogP contribution < -0.4 is 10.9 Å². The van der Waals surface area contributed by atoms with Crippen LogP contribution >= 0.6 is 0 Å². The highest BCUT2D eigenvalue weighted by molar-refractivity contribution is 5.04. The van der Waals surface area contributed by atoms with Crippen LogP contribution in [0.2, 0.25) is 0 Å². The summed E-state index contributed by atoms with van der Waals surface area (Å²) in [6.45, 7) is 0.333. The molecule has 0 atom stereocenters. The molecule has 94 valence electrons. The molecule has 7 heteroatoms. The number of hydrogen-bond donors (Lipinski definition) is 2. The van der Waals surface area contributed by atoms with Crippen molar-refractivity contribution in [3.63, 3.8) is 0 Å². The van der Waals surface area contributed by atoms with Crippen LogP contribution in [-0.4, -0.2) is 22.2 Å². The van der Waals surface area contributed by atoms with Gasteiger partial charge in [-0.15, -0.1) is 0 Å². The summed E-state index contributed by atoms with van der Waals surface area (Å²) in [6.07, 6.45) is -3.44. The number of H-pyrrole nitrogens is 1. The predicted octanol–water partition coefficient (Wildman–Crippen LogP) is 1.13. The van der Waals surface area contributed by atoms with E-state index in [-0.39, 0.29) is 5.82 Å². The summed E-state index contributed by atoms with van der Waals surface area (Å²) in [4.78, 5) is 17.0. The molecule has 0 aliphatic heterocycles. The maximum atomic E-state index is 12.2. The van der Waals surface area contributed by atoms with Crippen LogP contribution in [0.5, 0.6) is 0 Å². The van der Waals surface area contributed by atoms with E-state index in [9.17, 15) is 18.0 Å². The lowest BCUT2D eigenvalue weighted by Crippen LogP contribution is -2.23. The van der Waals surface area contributed by atoms with Gasteiger partial charge in [0.15, 0.2) is 0 Å². The maximum absolute atomic E-state index is 12.2. The van der Waals surface area contributed by atoms with Gasteiger partial charge in [0.05, 0.1) is 5.69 Å². The molecule has 1 fully saturated rings. The molecule has 1 aromatic heterocycles. The fourth-order valence-corrected chi connectivity index (χ4v) is 1.46. The van der Waals surface area contributed by atoms with Crippen molar-refractivity contribution >= 4 is 0 Å². The first kappa shape index (κ1) is 12.1. The minimum absolute atomic E-state index is 0.333. The zero-order valence-corrected chi connectivity index (χ0v) is 8.97. The second-order valence-corrected chi connectivity index (χ2v) is 4.13. The Morgan fingerprint density at radius 1 is 1.47 bits per heavy atom. The van der Waals surface area contributed by atoms with Gasteiger partial charge in [-0.2, -0.15) is 13.2 Å². The third kappa shape index (κ3) is 4.18. The summed E-state index contributed by atoms with van der Waals surface area (Å²) < 4.78 is 36.5. The third-order valence-corrected chi connectivity index (χ3v) is 2.36. The van der Waals surface area contributed by atoms with E-state index in [4.69, 9.17) is 0 Å². The van der Waals surface area contributed by atoms with Gasteiger partial charge in [-0.05, 0) is 12.8 Å². The number of nitrogens with zero attached hydrogens (tertiary/aromatic N) is 1. The zero-order valence-electron chi connectivity index (χ0n) is 8.97. The highest BCUT2D eigenvalue weighted by Crippen LogP contribution is 2.20. The van der Waals surface area contributed by atoms with Gasteiger partial charge >= 0.3 is 6.18 Å². The minimum atomic E-state index is -4.36.